The Bertz CT molecular complexity index is 1340. The van der Waals surface area contributed by atoms with E-state index < -0.39 is 5.09 Å². The van der Waals surface area contributed by atoms with Gasteiger partial charge >= 0.3 is 0 Å². The highest BCUT2D eigenvalue weighted by molar-refractivity contribution is 7.09. The third-order valence-corrected chi connectivity index (χ3v) is 8.23. The average molecular weight is 591 g/mol. The van der Waals surface area contributed by atoms with Gasteiger partial charge in [0.25, 0.3) is 0 Å². The third-order valence-electron chi connectivity index (χ3n) is 5.94. The monoisotopic (exact) mass is 590 g/mol. The normalized spacial score (nSPS) is 10.8. The molecular weight excluding hydrogens is 558 g/mol. The first-order valence-corrected chi connectivity index (χ1v) is 14.0. The molecule has 40 heavy (non-hydrogen) atoms. The number of hydrogen-bond donors (Lipinski definition) is 2. The van der Waals surface area contributed by atoms with Gasteiger partial charge in [0, 0.05) is 39.1 Å². The smallest absolute Gasteiger partial charge is 0.225 e. The topological polar surface area (TPSA) is 196 Å². The van der Waals surface area contributed by atoms with Crippen LogP contribution in [0.25, 0.3) is 0 Å². The fourth-order valence-electron chi connectivity index (χ4n) is 3.72. The van der Waals surface area contributed by atoms with Crippen molar-refractivity contribution in [2.75, 3.05) is 24.7 Å². The molecule has 0 saturated heterocycles. The van der Waals surface area contributed by atoms with E-state index >= 15 is 0 Å². The molecule has 0 unspecified atom stereocenters. The third kappa shape index (κ3) is 8.84. The lowest BCUT2D eigenvalue weighted by atomic mass is 10.2. The second kappa shape index (κ2) is 14.5. The van der Waals surface area contributed by atoms with Crippen LogP contribution in [0.4, 0.5) is 11.6 Å². The van der Waals surface area contributed by atoms with E-state index in [0.717, 1.165) is 24.0 Å². The number of aryl methyl sites for hydroxylation is 2. The molecule has 16 heteroatoms. The summed E-state index contributed by atoms with van der Waals surface area (Å²) in [6.07, 6.45) is 5.14. The van der Waals surface area contributed by atoms with Crippen LogP contribution in [-0.4, -0.2) is 38.2 Å². The van der Waals surface area contributed by atoms with Gasteiger partial charge in [-0.3, -0.25) is 0 Å². The quantitative estimate of drug-likeness (QED) is 0.0851. The van der Waals surface area contributed by atoms with E-state index in [2.05, 4.69) is 53.9 Å². The molecule has 0 amide bonds. The predicted molar refractivity (Wildman–Crippen MR) is 149 cm³/mol. The van der Waals surface area contributed by atoms with Gasteiger partial charge in [0.15, 0.2) is 24.5 Å². The maximum Gasteiger partial charge on any atom is 0.225 e. The Balaban J connectivity index is 0.00000103. The van der Waals surface area contributed by atoms with E-state index in [9.17, 15) is 0 Å². The molecule has 0 aliphatic heterocycles. The predicted octanol–water partition coefficient (Wildman–Crippen LogP) is 1.95. The summed E-state index contributed by atoms with van der Waals surface area (Å²) in [5.74, 6) is 2.41. The summed E-state index contributed by atoms with van der Waals surface area (Å²) in [6, 6.07) is 0. The Hall–Kier alpha value is -3.86. The highest BCUT2D eigenvalue weighted by Crippen LogP contribution is 2.16. The second-order valence-corrected chi connectivity index (χ2v) is 10.6. The number of hydrogen-bond acceptors (Lipinski definition) is 13. The first-order chi connectivity index (χ1) is 19.0. The van der Waals surface area contributed by atoms with Crippen molar-refractivity contribution in [3.8, 4) is 0 Å². The van der Waals surface area contributed by atoms with Gasteiger partial charge in [-0.15, -0.1) is 0 Å². The van der Waals surface area contributed by atoms with Crippen LogP contribution in [0.5, 0.6) is 0 Å². The van der Waals surface area contributed by atoms with Crippen LogP contribution in [0.1, 0.15) is 43.9 Å². The molecule has 0 aromatic carbocycles. The van der Waals surface area contributed by atoms with Crippen molar-refractivity contribution in [3.05, 3.63) is 82.7 Å². The van der Waals surface area contributed by atoms with Crippen LogP contribution in [0, 0.1) is 43.0 Å². The molecule has 14 nitrogen and oxygen atoms in total. The Labute approximate surface area is 239 Å². The SMILES string of the molecule is Cc1ncc(C[n+]2csc(CCOOCCc3sc[n+](Cc4cnc(C)nc4N)c3C)c2C)c(N)n1.O=[N+]([O-])[O-]. The zero-order valence-corrected chi connectivity index (χ0v) is 24.3. The van der Waals surface area contributed by atoms with Gasteiger partial charge in [-0.05, 0) is 13.8 Å². The lowest BCUT2D eigenvalue weighted by molar-refractivity contribution is -0.689. The van der Waals surface area contributed by atoms with Gasteiger partial charge in [0.05, 0.1) is 39.2 Å². The van der Waals surface area contributed by atoms with Gasteiger partial charge in [-0.2, -0.15) is 9.13 Å². The molecule has 4 aromatic rings. The van der Waals surface area contributed by atoms with Crippen LogP contribution in [-0.2, 0) is 35.7 Å². The molecule has 214 valence electrons. The van der Waals surface area contributed by atoms with Crippen molar-refractivity contribution in [1.29, 1.82) is 0 Å². The number of aromatic nitrogens is 6. The summed E-state index contributed by atoms with van der Waals surface area (Å²) >= 11 is 3.40. The molecule has 0 aliphatic carbocycles. The molecule has 0 radical (unpaired) electrons. The van der Waals surface area contributed by atoms with Crippen LogP contribution >= 0.6 is 22.7 Å². The van der Waals surface area contributed by atoms with E-state index in [1.807, 2.05) is 13.8 Å². The summed E-state index contributed by atoms with van der Waals surface area (Å²) in [5, 5.41) is 14.8. The number of nitrogen functional groups attached to an aromatic ring is 2. The fraction of sp³-hybridized carbons (Fsp3) is 0.417. The molecule has 0 fully saturated rings. The lowest BCUT2D eigenvalue weighted by Gasteiger charge is -2.04. The fourth-order valence-corrected chi connectivity index (χ4v) is 5.67. The van der Waals surface area contributed by atoms with E-state index in [0.29, 0.717) is 49.6 Å². The van der Waals surface area contributed by atoms with E-state index in [-0.39, 0.29) is 0 Å². The molecule has 4 rings (SSSR count). The number of thiazole rings is 2. The second-order valence-electron chi connectivity index (χ2n) is 8.74. The average Bonchev–Trinajstić information content (AvgIpc) is 3.41. The zero-order chi connectivity index (χ0) is 29.2. The largest absolute Gasteiger partial charge is 0.383 e. The van der Waals surface area contributed by atoms with Crippen molar-refractivity contribution >= 4 is 34.3 Å². The maximum absolute atomic E-state index is 8.25. The molecule has 0 atom stereocenters. The zero-order valence-electron chi connectivity index (χ0n) is 22.7. The molecule has 0 aliphatic rings. The molecule has 4 aromatic heterocycles. The molecule has 4 N–H and O–H groups in total. The molecule has 0 bridgehead atoms. The van der Waals surface area contributed by atoms with Gasteiger partial charge in [0.2, 0.25) is 11.0 Å². The number of nitrogens with zero attached hydrogens (tertiary/aromatic N) is 7. The van der Waals surface area contributed by atoms with Crippen LogP contribution in [0.2, 0.25) is 0 Å². The minimum absolute atomic E-state index is 0.493. The van der Waals surface area contributed by atoms with Crippen LogP contribution in [0.3, 0.4) is 0 Å². The molecule has 4 heterocycles. The van der Waals surface area contributed by atoms with Gasteiger partial charge in [0.1, 0.15) is 23.3 Å². The number of rotatable bonds is 11. The standard InChI is InChI=1S/C24H32N8O2S2.NO3/c1-15-21(35-13-31(15)11-19-9-27-17(3)29-23(19)25)5-7-33-34-8-6-22-16(2)32(14-36-22)12-20-10-28-18(4)30-24(20)26;2-1(3)4/h9-10,13-14H,5-8,11-12H2,1-4H3,(H2,25,27,29)(H2,26,28,30);/q+2;-1. The van der Waals surface area contributed by atoms with Crippen molar-refractivity contribution in [1.82, 2.24) is 19.9 Å². The summed E-state index contributed by atoms with van der Waals surface area (Å²) in [7, 11) is 0. The summed E-state index contributed by atoms with van der Waals surface area (Å²) < 4.78 is 4.33. The summed E-state index contributed by atoms with van der Waals surface area (Å²) in [5.41, 5.74) is 20.5. The molecule has 0 saturated carbocycles. The lowest BCUT2D eigenvalue weighted by Crippen LogP contribution is -2.35. The van der Waals surface area contributed by atoms with Crippen molar-refractivity contribution in [2.45, 2.75) is 53.6 Å². The molecule has 0 spiro atoms. The van der Waals surface area contributed by atoms with Gasteiger partial charge in [-0.1, -0.05) is 22.7 Å². The molecular formula is C24H32N9O5S2+. The van der Waals surface area contributed by atoms with Gasteiger partial charge in [-0.25, -0.2) is 29.7 Å². The Morgan fingerprint density at radius 1 is 0.800 bits per heavy atom. The first kappa shape index (κ1) is 30.7. The van der Waals surface area contributed by atoms with Crippen molar-refractivity contribution < 1.29 is 24.0 Å². The van der Waals surface area contributed by atoms with Crippen molar-refractivity contribution in [3.63, 3.8) is 0 Å². The minimum Gasteiger partial charge on any atom is -0.383 e. The van der Waals surface area contributed by atoms with E-state index in [4.69, 9.17) is 36.6 Å². The Morgan fingerprint density at radius 3 is 1.52 bits per heavy atom. The van der Waals surface area contributed by atoms with Gasteiger partial charge < -0.3 is 26.8 Å². The van der Waals surface area contributed by atoms with Crippen LogP contribution < -0.4 is 20.6 Å². The Kier molecular flexibility index (Phi) is 11.1. The van der Waals surface area contributed by atoms with E-state index in [1.54, 1.807) is 35.1 Å². The minimum atomic E-state index is -1.75. The summed E-state index contributed by atoms with van der Waals surface area (Å²) in [6.45, 7) is 10.2. The number of nitrogens with two attached hydrogens (primary N) is 2. The van der Waals surface area contributed by atoms with E-state index in [1.165, 1.54) is 21.1 Å². The highest BCUT2D eigenvalue weighted by Gasteiger charge is 2.19. The first-order valence-electron chi connectivity index (χ1n) is 12.2. The Morgan fingerprint density at radius 2 is 1.18 bits per heavy atom. The van der Waals surface area contributed by atoms with Crippen LogP contribution in [0.15, 0.2) is 23.4 Å². The maximum atomic E-state index is 8.25. The van der Waals surface area contributed by atoms with Crippen molar-refractivity contribution in [2.24, 2.45) is 0 Å². The highest BCUT2D eigenvalue weighted by atomic mass is 32.1. The summed E-state index contributed by atoms with van der Waals surface area (Å²) in [4.78, 5) is 38.7. The number of anilines is 2.